The van der Waals surface area contributed by atoms with Crippen molar-refractivity contribution in [3.8, 4) is 0 Å². The van der Waals surface area contributed by atoms with E-state index in [1.807, 2.05) is 19.9 Å². The molecule has 1 amide bonds. The predicted molar refractivity (Wildman–Crippen MR) is 80.3 cm³/mol. The van der Waals surface area contributed by atoms with Crippen LogP contribution in [0.5, 0.6) is 0 Å². The quantitative estimate of drug-likeness (QED) is 0.848. The van der Waals surface area contributed by atoms with Gasteiger partial charge in [-0.05, 0) is 53.5 Å². The second-order valence-corrected chi connectivity index (χ2v) is 6.08. The van der Waals surface area contributed by atoms with Crippen LogP contribution in [0, 0.1) is 13.8 Å². The van der Waals surface area contributed by atoms with Crippen LogP contribution in [0.1, 0.15) is 61.4 Å². The van der Waals surface area contributed by atoms with Crippen molar-refractivity contribution in [2.24, 2.45) is 0 Å². The Morgan fingerprint density at radius 2 is 1.90 bits per heavy atom. The summed E-state index contributed by atoms with van der Waals surface area (Å²) in [6.07, 6.45) is 1.27. The van der Waals surface area contributed by atoms with Crippen LogP contribution in [0.15, 0.2) is 6.07 Å². The van der Waals surface area contributed by atoms with E-state index >= 15 is 0 Å². The Morgan fingerprint density at radius 1 is 1.29 bits per heavy atom. The van der Waals surface area contributed by atoms with Crippen molar-refractivity contribution >= 4 is 11.9 Å². The summed E-state index contributed by atoms with van der Waals surface area (Å²) in [4.78, 5) is 24.1. The lowest BCUT2D eigenvalue weighted by molar-refractivity contribution is -0.129. The molecule has 0 unspecified atom stereocenters. The zero-order valence-electron chi connectivity index (χ0n) is 13.4. The zero-order chi connectivity index (χ0) is 15.7. The van der Waals surface area contributed by atoms with E-state index in [-0.39, 0.29) is 18.0 Å². The third kappa shape index (κ3) is 3.46. The van der Waals surface area contributed by atoms with Gasteiger partial charge >= 0.3 is 5.97 Å². The summed E-state index contributed by atoms with van der Waals surface area (Å²) in [6.45, 7) is 9.62. The predicted octanol–water partition coefficient (Wildman–Crippen LogP) is 2.51. The van der Waals surface area contributed by atoms with Gasteiger partial charge in [0.15, 0.2) is 6.10 Å². The first kappa shape index (κ1) is 15.6. The first-order chi connectivity index (χ1) is 9.81. The fraction of sp³-hybridized carbons (Fsp3) is 0.625. The molecule has 1 aliphatic carbocycles. The SMILES string of the molecule is Cc1cc(C(=O)O[C@@H](C)C(=O)NC2CC2)c(C)n1C(C)C. The molecule has 0 spiro atoms. The Kier molecular flexibility index (Phi) is 4.40. The summed E-state index contributed by atoms with van der Waals surface area (Å²) < 4.78 is 7.38. The molecular formula is C16H24N2O3. The summed E-state index contributed by atoms with van der Waals surface area (Å²) in [5, 5.41) is 2.84. The topological polar surface area (TPSA) is 60.3 Å². The number of aryl methyl sites for hydroxylation is 1. The van der Waals surface area contributed by atoms with Gasteiger partial charge in [-0.15, -0.1) is 0 Å². The van der Waals surface area contributed by atoms with Crippen molar-refractivity contribution in [3.63, 3.8) is 0 Å². The van der Waals surface area contributed by atoms with Crippen LogP contribution < -0.4 is 5.32 Å². The van der Waals surface area contributed by atoms with Gasteiger partial charge in [0.05, 0.1) is 5.56 Å². The van der Waals surface area contributed by atoms with E-state index in [0.717, 1.165) is 24.2 Å². The van der Waals surface area contributed by atoms with Gasteiger partial charge in [-0.2, -0.15) is 0 Å². The Bertz CT molecular complexity index is 556. The van der Waals surface area contributed by atoms with Crippen LogP contribution in [-0.2, 0) is 9.53 Å². The minimum absolute atomic E-state index is 0.219. The minimum atomic E-state index is -0.764. The number of aromatic nitrogens is 1. The minimum Gasteiger partial charge on any atom is -0.449 e. The molecule has 1 saturated carbocycles. The molecule has 116 valence electrons. The lowest BCUT2D eigenvalue weighted by Crippen LogP contribution is -2.37. The lowest BCUT2D eigenvalue weighted by atomic mass is 10.2. The van der Waals surface area contributed by atoms with Crippen LogP contribution in [0.4, 0.5) is 0 Å². The molecule has 0 aliphatic heterocycles. The number of hydrogen-bond donors (Lipinski definition) is 1. The van der Waals surface area contributed by atoms with E-state index in [9.17, 15) is 9.59 Å². The Balaban J connectivity index is 2.06. The number of rotatable bonds is 5. The van der Waals surface area contributed by atoms with Crippen molar-refractivity contribution in [2.75, 3.05) is 0 Å². The number of nitrogens with one attached hydrogen (secondary N) is 1. The summed E-state index contributed by atoms with van der Waals surface area (Å²) in [6, 6.07) is 2.37. The second-order valence-electron chi connectivity index (χ2n) is 6.08. The number of hydrogen-bond acceptors (Lipinski definition) is 3. The van der Waals surface area contributed by atoms with Gasteiger partial charge in [-0.25, -0.2) is 4.79 Å². The van der Waals surface area contributed by atoms with Gasteiger partial charge < -0.3 is 14.6 Å². The monoisotopic (exact) mass is 292 g/mol. The van der Waals surface area contributed by atoms with Crippen molar-refractivity contribution in [1.29, 1.82) is 0 Å². The molecule has 1 aromatic heterocycles. The average Bonchev–Trinajstić information content (AvgIpc) is 3.13. The van der Waals surface area contributed by atoms with Gasteiger partial charge in [0.25, 0.3) is 5.91 Å². The average molecular weight is 292 g/mol. The number of ether oxygens (including phenoxy) is 1. The summed E-state index contributed by atoms with van der Waals surface area (Å²) >= 11 is 0. The highest BCUT2D eigenvalue weighted by Crippen LogP contribution is 2.22. The summed E-state index contributed by atoms with van der Waals surface area (Å²) in [5.41, 5.74) is 2.43. The summed E-state index contributed by atoms with van der Waals surface area (Å²) in [5.74, 6) is -0.656. The fourth-order valence-corrected chi connectivity index (χ4v) is 2.60. The molecule has 0 aromatic carbocycles. The molecule has 1 atom stereocenters. The largest absolute Gasteiger partial charge is 0.449 e. The molecule has 0 saturated heterocycles. The smallest absolute Gasteiger partial charge is 0.340 e. The first-order valence-corrected chi connectivity index (χ1v) is 7.51. The molecular weight excluding hydrogens is 268 g/mol. The van der Waals surface area contributed by atoms with Crippen LogP contribution in [-0.4, -0.2) is 28.6 Å². The highest BCUT2D eigenvalue weighted by atomic mass is 16.5. The van der Waals surface area contributed by atoms with E-state index in [1.165, 1.54) is 0 Å². The number of esters is 1. The number of carbonyl (C=O) groups is 2. The Hall–Kier alpha value is -1.78. The maximum Gasteiger partial charge on any atom is 0.340 e. The molecule has 1 N–H and O–H groups in total. The van der Waals surface area contributed by atoms with Gasteiger partial charge in [-0.3, -0.25) is 4.79 Å². The van der Waals surface area contributed by atoms with Crippen LogP contribution in [0.2, 0.25) is 0 Å². The Morgan fingerprint density at radius 3 is 2.38 bits per heavy atom. The third-order valence-electron chi connectivity index (χ3n) is 3.80. The van der Waals surface area contributed by atoms with Crippen LogP contribution >= 0.6 is 0 Å². The van der Waals surface area contributed by atoms with Crippen molar-refractivity contribution in [2.45, 2.75) is 65.6 Å². The fourth-order valence-electron chi connectivity index (χ4n) is 2.60. The molecule has 1 aromatic rings. The molecule has 5 nitrogen and oxygen atoms in total. The van der Waals surface area contributed by atoms with Gasteiger partial charge in [0.2, 0.25) is 0 Å². The maximum absolute atomic E-state index is 12.3. The third-order valence-corrected chi connectivity index (χ3v) is 3.80. The summed E-state index contributed by atoms with van der Waals surface area (Å²) in [7, 11) is 0. The second kappa shape index (κ2) is 5.92. The van der Waals surface area contributed by atoms with Gasteiger partial charge in [0.1, 0.15) is 0 Å². The van der Waals surface area contributed by atoms with E-state index in [4.69, 9.17) is 4.74 Å². The van der Waals surface area contributed by atoms with Gasteiger partial charge in [-0.1, -0.05) is 0 Å². The van der Waals surface area contributed by atoms with Crippen molar-refractivity contribution in [1.82, 2.24) is 9.88 Å². The first-order valence-electron chi connectivity index (χ1n) is 7.51. The molecule has 0 radical (unpaired) electrons. The van der Waals surface area contributed by atoms with Crippen molar-refractivity contribution < 1.29 is 14.3 Å². The maximum atomic E-state index is 12.3. The van der Waals surface area contributed by atoms with E-state index in [1.54, 1.807) is 6.92 Å². The standard InChI is InChI=1S/C16H24N2O3/c1-9(2)18-10(3)8-14(11(18)4)16(20)21-12(5)15(19)17-13-6-7-13/h8-9,12-13H,6-7H2,1-5H3,(H,17,19)/t12-/m0/s1. The number of nitrogens with zero attached hydrogens (tertiary/aromatic N) is 1. The van der Waals surface area contributed by atoms with Crippen LogP contribution in [0.3, 0.4) is 0 Å². The lowest BCUT2D eigenvalue weighted by Gasteiger charge is -2.15. The molecule has 1 aliphatic rings. The number of amides is 1. The van der Waals surface area contributed by atoms with E-state index < -0.39 is 12.1 Å². The Labute approximate surface area is 125 Å². The highest BCUT2D eigenvalue weighted by Gasteiger charge is 2.28. The van der Waals surface area contributed by atoms with Crippen LogP contribution in [0.25, 0.3) is 0 Å². The normalized spacial score (nSPS) is 15.9. The molecule has 5 heteroatoms. The zero-order valence-corrected chi connectivity index (χ0v) is 13.4. The number of carbonyl (C=O) groups excluding carboxylic acids is 2. The molecule has 1 heterocycles. The van der Waals surface area contributed by atoms with Gasteiger partial charge in [0, 0.05) is 23.5 Å². The molecule has 0 bridgehead atoms. The molecule has 21 heavy (non-hydrogen) atoms. The molecule has 2 rings (SSSR count). The van der Waals surface area contributed by atoms with E-state index in [2.05, 4.69) is 23.7 Å². The van der Waals surface area contributed by atoms with Crippen molar-refractivity contribution in [3.05, 3.63) is 23.0 Å². The highest BCUT2D eigenvalue weighted by molar-refractivity contribution is 5.93. The molecule has 1 fully saturated rings. The van der Waals surface area contributed by atoms with E-state index in [0.29, 0.717) is 5.56 Å².